The summed E-state index contributed by atoms with van der Waals surface area (Å²) in [7, 11) is 1.68. The second-order valence-electron chi connectivity index (χ2n) is 9.37. The van der Waals surface area contributed by atoms with Gasteiger partial charge in [0.15, 0.2) is 0 Å². The quantitative estimate of drug-likeness (QED) is 0.238. The highest BCUT2D eigenvalue weighted by atomic mass is 19.3. The van der Waals surface area contributed by atoms with Crippen molar-refractivity contribution < 1.29 is 13.2 Å². The lowest BCUT2D eigenvalue weighted by atomic mass is 9.98. The number of halogens is 3. The molecule has 0 fully saturated rings. The van der Waals surface area contributed by atoms with Crippen molar-refractivity contribution >= 4 is 22.3 Å². The Hall–Kier alpha value is -4.39. The lowest BCUT2D eigenvalue weighted by Gasteiger charge is -2.24. The summed E-state index contributed by atoms with van der Waals surface area (Å²) < 4.78 is 43.7. The minimum absolute atomic E-state index is 0.222. The summed E-state index contributed by atoms with van der Waals surface area (Å²) in [5.41, 5.74) is 2.46. The number of nitrogens with zero attached hydrogens (tertiary/aromatic N) is 3. The summed E-state index contributed by atoms with van der Waals surface area (Å²) >= 11 is 0. The van der Waals surface area contributed by atoms with Crippen LogP contribution in [-0.4, -0.2) is 16.6 Å². The molecule has 0 aliphatic heterocycles. The van der Waals surface area contributed by atoms with Crippen molar-refractivity contribution in [2.75, 3.05) is 11.9 Å². The highest BCUT2D eigenvalue weighted by Crippen LogP contribution is 2.34. The standard InChI is InChI=1S/C31H26F3N3O/c1-20-35-28-17-15-23(36(3)24-14-16-27(32)26(19-24)31(2,33)34)18-25(28)30(38)37(20)29(21-10-6-4-7-11-21)22-12-8-5-9-13-22/h4-19,29H,1-3H3. The van der Waals surface area contributed by atoms with Crippen LogP contribution in [-0.2, 0) is 5.92 Å². The second-order valence-corrected chi connectivity index (χ2v) is 9.37. The van der Waals surface area contributed by atoms with Gasteiger partial charge >= 0.3 is 0 Å². The van der Waals surface area contributed by atoms with Gasteiger partial charge in [0.05, 0.1) is 22.5 Å². The van der Waals surface area contributed by atoms with E-state index >= 15 is 0 Å². The number of hydrogen-bond acceptors (Lipinski definition) is 3. The van der Waals surface area contributed by atoms with Gasteiger partial charge in [0.2, 0.25) is 0 Å². The Morgan fingerprint density at radius 1 is 0.842 bits per heavy atom. The molecule has 0 spiro atoms. The number of hydrogen-bond donors (Lipinski definition) is 0. The molecule has 1 aromatic heterocycles. The predicted molar refractivity (Wildman–Crippen MR) is 145 cm³/mol. The summed E-state index contributed by atoms with van der Waals surface area (Å²) in [6.07, 6.45) is 0. The van der Waals surface area contributed by atoms with E-state index in [1.807, 2.05) is 67.6 Å². The molecule has 0 radical (unpaired) electrons. The Balaban J connectivity index is 1.66. The maximum atomic E-state index is 14.1. The first-order valence-electron chi connectivity index (χ1n) is 12.2. The Labute approximate surface area is 218 Å². The monoisotopic (exact) mass is 513 g/mol. The number of aromatic nitrogens is 2. The van der Waals surface area contributed by atoms with Gasteiger partial charge in [-0.3, -0.25) is 9.36 Å². The van der Waals surface area contributed by atoms with E-state index in [0.29, 0.717) is 35.0 Å². The molecule has 4 nitrogen and oxygen atoms in total. The number of rotatable bonds is 6. The second kappa shape index (κ2) is 9.82. The number of alkyl halides is 2. The molecule has 0 saturated carbocycles. The van der Waals surface area contributed by atoms with Crippen molar-refractivity contribution in [2.45, 2.75) is 25.8 Å². The maximum absolute atomic E-state index is 14.1. The van der Waals surface area contributed by atoms with Crippen LogP contribution in [0.4, 0.5) is 24.5 Å². The zero-order chi connectivity index (χ0) is 27.0. The molecule has 5 rings (SSSR count). The molecule has 0 bridgehead atoms. The number of fused-ring (bicyclic) bond motifs is 1. The van der Waals surface area contributed by atoms with Gasteiger partial charge in [0.25, 0.3) is 11.5 Å². The van der Waals surface area contributed by atoms with E-state index in [1.54, 1.807) is 34.7 Å². The largest absolute Gasteiger partial charge is 0.345 e. The lowest BCUT2D eigenvalue weighted by Crippen LogP contribution is -2.29. The van der Waals surface area contributed by atoms with Gasteiger partial charge < -0.3 is 4.90 Å². The molecule has 0 saturated heterocycles. The van der Waals surface area contributed by atoms with Crippen LogP contribution < -0.4 is 10.5 Å². The van der Waals surface area contributed by atoms with Crippen LogP contribution in [0.3, 0.4) is 0 Å². The molecule has 7 heteroatoms. The topological polar surface area (TPSA) is 38.1 Å². The summed E-state index contributed by atoms with van der Waals surface area (Å²) in [5, 5.41) is 0.389. The third-order valence-electron chi connectivity index (χ3n) is 6.75. The molecule has 0 amide bonds. The smallest absolute Gasteiger partial charge is 0.273 e. The summed E-state index contributed by atoms with van der Waals surface area (Å²) in [6.45, 7) is 2.47. The van der Waals surface area contributed by atoms with Gasteiger partial charge in [0.1, 0.15) is 11.6 Å². The van der Waals surface area contributed by atoms with E-state index < -0.39 is 23.3 Å². The molecular formula is C31H26F3N3O. The van der Waals surface area contributed by atoms with E-state index in [4.69, 9.17) is 4.98 Å². The van der Waals surface area contributed by atoms with Crippen LogP contribution >= 0.6 is 0 Å². The van der Waals surface area contributed by atoms with Crippen molar-refractivity contribution in [3.8, 4) is 0 Å². The fourth-order valence-electron chi connectivity index (χ4n) is 4.78. The summed E-state index contributed by atoms with van der Waals surface area (Å²) in [4.78, 5) is 20.4. The fraction of sp³-hybridized carbons (Fsp3) is 0.161. The van der Waals surface area contributed by atoms with E-state index in [0.717, 1.165) is 23.3 Å². The Bertz CT molecular complexity index is 1620. The Kier molecular flexibility index (Phi) is 6.53. The molecule has 4 aromatic carbocycles. The van der Waals surface area contributed by atoms with E-state index in [1.165, 1.54) is 6.07 Å². The number of benzene rings is 4. The Morgan fingerprint density at radius 3 is 1.97 bits per heavy atom. The van der Waals surface area contributed by atoms with E-state index in [2.05, 4.69) is 0 Å². The molecular weight excluding hydrogens is 487 g/mol. The van der Waals surface area contributed by atoms with Crippen molar-refractivity contribution in [1.82, 2.24) is 9.55 Å². The van der Waals surface area contributed by atoms with Crippen LogP contribution in [0.15, 0.2) is 102 Å². The van der Waals surface area contributed by atoms with Crippen molar-refractivity contribution in [2.24, 2.45) is 0 Å². The SMILES string of the molecule is Cc1nc2ccc(N(C)c3ccc(F)c(C(C)(F)F)c3)cc2c(=O)n1C(c1ccccc1)c1ccccc1. The number of anilines is 2. The first-order chi connectivity index (χ1) is 18.1. The minimum atomic E-state index is -3.33. The van der Waals surface area contributed by atoms with Crippen molar-refractivity contribution in [1.29, 1.82) is 0 Å². The van der Waals surface area contributed by atoms with Gasteiger partial charge in [-0.25, -0.2) is 18.2 Å². The van der Waals surface area contributed by atoms with E-state index in [9.17, 15) is 18.0 Å². The van der Waals surface area contributed by atoms with Gasteiger partial charge in [-0.1, -0.05) is 60.7 Å². The molecule has 0 unspecified atom stereocenters. The molecule has 38 heavy (non-hydrogen) atoms. The van der Waals surface area contributed by atoms with Crippen LogP contribution in [0.2, 0.25) is 0 Å². The average molecular weight is 514 g/mol. The Morgan fingerprint density at radius 2 is 1.39 bits per heavy atom. The molecule has 0 atom stereocenters. The number of aryl methyl sites for hydroxylation is 1. The molecule has 192 valence electrons. The van der Waals surface area contributed by atoms with Gasteiger partial charge in [0, 0.05) is 25.3 Å². The van der Waals surface area contributed by atoms with Gasteiger partial charge in [-0.2, -0.15) is 0 Å². The van der Waals surface area contributed by atoms with Crippen LogP contribution in [0.5, 0.6) is 0 Å². The first kappa shape index (κ1) is 25.3. The highest BCUT2D eigenvalue weighted by Gasteiger charge is 2.29. The fourth-order valence-corrected chi connectivity index (χ4v) is 4.78. The first-order valence-corrected chi connectivity index (χ1v) is 12.2. The van der Waals surface area contributed by atoms with Gasteiger partial charge in [-0.15, -0.1) is 0 Å². The maximum Gasteiger partial charge on any atom is 0.273 e. The van der Waals surface area contributed by atoms with Crippen LogP contribution in [0.1, 0.15) is 35.5 Å². The zero-order valence-electron chi connectivity index (χ0n) is 21.2. The predicted octanol–water partition coefficient (Wildman–Crippen LogP) is 7.36. The van der Waals surface area contributed by atoms with Crippen molar-refractivity contribution in [3.05, 3.63) is 136 Å². The normalized spacial score (nSPS) is 11.8. The average Bonchev–Trinajstić information content (AvgIpc) is 2.91. The zero-order valence-corrected chi connectivity index (χ0v) is 21.2. The summed E-state index contributed by atoms with van der Waals surface area (Å²) in [6, 6.07) is 27.9. The summed E-state index contributed by atoms with van der Waals surface area (Å²) in [5.74, 6) is -3.73. The highest BCUT2D eigenvalue weighted by molar-refractivity contribution is 5.83. The molecule has 5 aromatic rings. The van der Waals surface area contributed by atoms with Crippen LogP contribution in [0, 0.1) is 12.7 Å². The van der Waals surface area contributed by atoms with E-state index in [-0.39, 0.29) is 5.56 Å². The van der Waals surface area contributed by atoms with Crippen molar-refractivity contribution in [3.63, 3.8) is 0 Å². The third-order valence-corrected chi connectivity index (χ3v) is 6.75. The van der Waals surface area contributed by atoms with Gasteiger partial charge in [-0.05, 0) is 54.4 Å². The molecule has 0 N–H and O–H groups in total. The minimum Gasteiger partial charge on any atom is -0.345 e. The molecule has 0 aliphatic rings. The lowest BCUT2D eigenvalue weighted by molar-refractivity contribution is 0.0138. The van der Waals surface area contributed by atoms with Crippen LogP contribution in [0.25, 0.3) is 10.9 Å². The molecule has 1 heterocycles. The molecule has 0 aliphatic carbocycles. The third kappa shape index (κ3) is 4.67.